The lowest BCUT2D eigenvalue weighted by Crippen LogP contribution is -2.07. The minimum absolute atomic E-state index is 0.191. The van der Waals surface area contributed by atoms with Gasteiger partial charge in [-0.3, -0.25) is 0 Å². The second-order valence-corrected chi connectivity index (χ2v) is 5.50. The zero-order chi connectivity index (χ0) is 13.9. The Bertz CT molecular complexity index is 725. The molecule has 0 saturated heterocycles. The normalized spacial score (nSPS) is 10.9. The van der Waals surface area contributed by atoms with E-state index in [4.69, 9.17) is 11.6 Å². The molecular weight excluding hydrogens is 342 g/mol. The number of aromatic amines is 1. The summed E-state index contributed by atoms with van der Waals surface area (Å²) in [5.74, 6) is 0.676. The molecule has 7 heteroatoms. The smallest absolute Gasteiger partial charge is 0.226 e. The molecule has 0 aliphatic heterocycles. The van der Waals surface area contributed by atoms with Gasteiger partial charge in [-0.2, -0.15) is 9.97 Å². The quantitative estimate of drug-likeness (QED) is 0.706. The van der Waals surface area contributed by atoms with Crippen LogP contribution in [0.25, 0.3) is 11.2 Å². The number of hydrogen-bond acceptors (Lipinski definition) is 4. The van der Waals surface area contributed by atoms with E-state index >= 15 is 0 Å². The van der Waals surface area contributed by atoms with Crippen molar-refractivity contribution < 1.29 is 0 Å². The Morgan fingerprint density at radius 1 is 1.20 bits per heavy atom. The molecule has 0 atom stereocenters. The van der Waals surface area contributed by atoms with Crippen molar-refractivity contribution in [3.05, 3.63) is 45.9 Å². The van der Waals surface area contributed by atoms with Crippen molar-refractivity contribution in [2.24, 2.45) is 0 Å². The number of aromatic nitrogens is 4. The van der Waals surface area contributed by atoms with Gasteiger partial charge in [0.1, 0.15) is 5.52 Å². The highest BCUT2D eigenvalue weighted by Crippen LogP contribution is 2.18. The predicted molar refractivity (Wildman–Crippen MR) is 83.0 cm³/mol. The van der Waals surface area contributed by atoms with E-state index in [0.29, 0.717) is 11.5 Å². The fourth-order valence-corrected chi connectivity index (χ4v) is 2.34. The summed E-state index contributed by atoms with van der Waals surface area (Å²) < 4.78 is 1.08. The lowest BCUT2D eigenvalue weighted by Gasteiger charge is -2.06. The third-order valence-corrected chi connectivity index (χ3v) is 3.58. The van der Waals surface area contributed by atoms with Gasteiger partial charge in [0.05, 0.1) is 6.33 Å². The minimum Gasteiger partial charge on any atom is -0.368 e. The van der Waals surface area contributed by atoms with Crippen LogP contribution in [0.3, 0.4) is 0 Å². The van der Waals surface area contributed by atoms with E-state index in [-0.39, 0.29) is 5.28 Å². The highest BCUT2D eigenvalue weighted by Gasteiger charge is 2.08. The third-order valence-electron chi connectivity index (χ3n) is 2.88. The van der Waals surface area contributed by atoms with Crippen LogP contribution in [0.15, 0.2) is 35.1 Å². The molecule has 3 rings (SSSR count). The van der Waals surface area contributed by atoms with Gasteiger partial charge in [0, 0.05) is 11.0 Å². The van der Waals surface area contributed by atoms with E-state index in [2.05, 4.69) is 53.3 Å². The fourth-order valence-electron chi connectivity index (χ4n) is 1.91. The zero-order valence-electron chi connectivity index (χ0n) is 10.4. The average Bonchev–Trinajstić information content (AvgIpc) is 2.89. The number of anilines is 1. The molecule has 0 aliphatic rings. The molecule has 0 fully saturated rings. The van der Waals surface area contributed by atoms with E-state index in [1.165, 1.54) is 5.56 Å². The van der Waals surface area contributed by atoms with Crippen molar-refractivity contribution >= 4 is 44.5 Å². The molecule has 2 aromatic heterocycles. The number of hydrogen-bond donors (Lipinski definition) is 2. The molecule has 0 amide bonds. The summed E-state index contributed by atoms with van der Waals surface area (Å²) in [6.45, 7) is 0.753. The van der Waals surface area contributed by atoms with Crippen molar-refractivity contribution in [3.63, 3.8) is 0 Å². The van der Waals surface area contributed by atoms with E-state index in [1.54, 1.807) is 6.33 Å². The number of nitrogens with zero attached hydrogens (tertiary/aromatic N) is 3. The summed E-state index contributed by atoms with van der Waals surface area (Å²) in [4.78, 5) is 15.3. The number of rotatable bonds is 4. The van der Waals surface area contributed by atoms with Gasteiger partial charge in [0.2, 0.25) is 5.28 Å². The van der Waals surface area contributed by atoms with E-state index in [1.807, 2.05) is 12.1 Å². The Hall–Kier alpha value is -1.66. The van der Waals surface area contributed by atoms with Crippen LogP contribution in [0.5, 0.6) is 0 Å². The number of imidazole rings is 1. The van der Waals surface area contributed by atoms with Crippen LogP contribution in [-0.2, 0) is 6.42 Å². The van der Waals surface area contributed by atoms with E-state index < -0.39 is 0 Å². The summed E-state index contributed by atoms with van der Waals surface area (Å²) in [5, 5.41) is 3.45. The highest BCUT2D eigenvalue weighted by molar-refractivity contribution is 9.10. The van der Waals surface area contributed by atoms with Gasteiger partial charge in [0.15, 0.2) is 11.5 Å². The van der Waals surface area contributed by atoms with Gasteiger partial charge >= 0.3 is 0 Å². The lowest BCUT2D eigenvalue weighted by molar-refractivity contribution is 1.00. The highest BCUT2D eigenvalue weighted by atomic mass is 79.9. The maximum absolute atomic E-state index is 5.87. The monoisotopic (exact) mass is 351 g/mol. The number of fused-ring (bicyclic) bond motifs is 1. The van der Waals surface area contributed by atoms with Crippen LogP contribution in [0.1, 0.15) is 5.56 Å². The van der Waals surface area contributed by atoms with Crippen LogP contribution < -0.4 is 5.32 Å². The Balaban J connectivity index is 1.70. The molecule has 1 aromatic carbocycles. The van der Waals surface area contributed by atoms with Crippen molar-refractivity contribution in [1.82, 2.24) is 19.9 Å². The van der Waals surface area contributed by atoms with Gasteiger partial charge < -0.3 is 10.3 Å². The second kappa shape index (κ2) is 5.76. The van der Waals surface area contributed by atoms with E-state index in [9.17, 15) is 0 Å². The third kappa shape index (κ3) is 2.91. The summed E-state index contributed by atoms with van der Waals surface area (Å²) in [6.07, 6.45) is 2.47. The SMILES string of the molecule is Clc1nc(NCCc2ccc(Br)cc2)c2[nH]cnc2n1. The largest absolute Gasteiger partial charge is 0.368 e. The molecule has 2 heterocycles. The predicted octanol–water partition coefficient (Wildman–Crippen LogP) is 3.42. The topological polar surface area (TPSA) is 66.5 Å². The van der Waals surface area contributed by atoms with Gasteiger partial charge in [-0.05, 0) is 35.7 Å². The Morgan fingerprint density at radius 3 is 2.80 bits per heavy atom. The minimum atomic E-state index is 0.191. The first-order chi connectivity index (χ1) is 9.72. The molecule has 5 nitrogen and oxygen atoms in total. The molecule has 0 spiro atoms. The second-order valence-electron chi connectivity index (χ2n) is 4.25. The fraction of sp³-hybridized carbons (Fsp3) is 0.154. The molecule has 0 radical (unpaired) electrons. The number of nitrogens with one attached hydrogen (secondary N) is 2. The molecule has 3 aromatic rings. The molecule has 0 aliphatic carbocycles. The molecule has 2 N–H and O–H groups in total. The van der Waals surface area contributed by atoms with Gasteiger partial charge in [-0.15, -0.1) is 0 Å². The first-order valence-corrected chi connectivity index (χ1v) is 7.24. The Labute approximate surface area is 128 Å². The molecule has 0 unspecified atom stereocenters. The summed E-state index contributed by atoms with van der Waals surface area (Å²) in [7, 11) is 0. The van der Waals surface area contributed by atoms with Crippen LogP contribution >= 0.6 is 27.5 Å². The Kier molecular flexibility index (Phi) is 3.84. The summed E-state index contributed by atoms with van der Waals surface area (Å²) >= 11 is 9.30. The molecule has 0 bridgehead atoms. The number of H-pyrrole nitrogens is 1. The van der Waals surface area contributed by atoms with Crippen LogP contribution in [-0.4, -0.2) is 26.5 Å². The first-order valence-electron chi connectivity index (χ1n) is 6.07. The van der Waals surface area contributed by atoms with Crippen molar-refractivity contribution in [1.29, 1.82) is 0 Å². The molecule has 0 saturated carbocycles. The van der Waals surface area contributed by atoms with Gasteiger partial charge in [-0.25, -0.2) is 4.98 Å². The van der Waals surface area contributed by atoms with Gasteiger partial charge in [0.25, 0.3) is 0 Å². The van der Waals surface area contributed by atoms with E-state index in [0.717, 1.165) is 23.0 Å². The standard InChI is InChI=1S/C13H11BrClN5/c14-9-3-1-8(2-4-9)5-6-16-11-10-12(18-7-17-10)20-13(15)19-11/h1-4,7H,5-6H2,(H2,16,17,18,19,20). The molecule has 20 heavy (non-hydrogen) atoms. The van der Waals surface area contributed by atoms with Crippen molar-refractivity contribution in [2.75, 3.05) is 11.9 Å². The van der Waals surface area contributed by atoms with Gasteiger partial charge in [-0.1, -0.05) is 28.1 Å². The van der Waals surface area contributed by atoms with Crippen molar-refractivity contribution in [2.45, 2.75) is 6.42 Å². The lowest BCUT2D eigenvalue weighted by atomic mass is 10.1. The number of halogens is 2. The summed E-state index contributed by atoms with van der Waals surface area (Å²) in [6, 6.07) is 8.24. The Morgan fingerprint density at radius 2 is 2.00 bits per heavy atom. The number of benzene rings is 1. The van der Waals surface area contributed by atoms with Crippen LogP contribution in [0, 0.1) is 0 Å². The zero-order valence-corrected chi connectivity index (χ0v) is 12.7. The van der Waals surface area contributed by atoms with Crippen LogP contribution in [0.2, 0.25) is 5.28 Å². The average molecular weight is 353 g/mol. The molecule has 102 valence electrons. The first kappa shape index (κ1) is 13.3. The van der Waals surface area contributed by atoms with Crippen LogP contribution in [0.4, 0.5) is 5.82 Å². The van der Waals surface area contributed by atoms with Crippen molar-refractivity contribution in [3.8, 4) is 0 Å². The maximum Gasteiger partial charge on any atom is 0.226 e. The molecular formula is C13H11BrClN5. The maximum atomic E-state index is 5.87. The summed E-state index contributed by atoms with van der Waals surface area (Å²) in [5.41, 5.74) is 2.59.